The summed E-state index contributed by atoms with van der Waals surface area (Å²) in [5, 5.41) is 0. The molecule has 2 nitrogen and oxygen atoms in total. The fourth-order valence-electron chi connectivity index (χ4n) is 0. The van der Waals surface area contributed by atoms with Crippen LogP contribution in [0.15, 0.2) is 0 Å². The quantitative estimate of drug-likeness (QED) is 0.490. The smallest absolute Gasteiger partial charge is 0 e. The predicted octanol–water partition coefficient (Wildman–Crippen LogP) is -0.543. The molecule has 0 aromatic rings. The minimum Gasteiger partial charge on any atom is 0 e. The zero-order chi connectivity index (χ0) is 2.00. The van der Waals surface area contributed by atoms with Crippen LogP contribution in [0.3, 0.4) is 0 Å². The standard InChI is InChI=1S/2ClH.2Mn.2H2O/h2*1H;;;2*1H2/q;;;+1;;/p-1. The molecule has 0 aliphatic carbocycles. The molecule has 45 valence electrons. The SMILES string of the molecule is Cl.O.O.[Cl][Mn].[Mn]. The molecule has 0 spiro atoms. The van der Waals surface area contributed by atoms with Gasteiger partial charge in [0.1, 0.15) is 0 Å². The van der Waals surface area contributed by atoms with E-state index in [4.69, 9.17) is 0 Å². The Kier molecular flexibility index (Phi) is 706. The normalized spacial score (nSPS) is 1.00. The van der Waals surface area contributed by atoms with Gasteiger partial charge in [-0.3, -0.25) is 0 Å². The predicted molar refractivity (Wildman–Crippen MR) is 20.3 cm³/mol. The number of rotatable bonds is 0. The molecule has 0 unspecified atom stereocenters. The minimum atomic E-state index is 0. The molecule has 0 fully saturated rings. The van der Waals surface area contributed by atoms with Gasteiger partial charge in [0, 0.05) is 17.1 Å². The second-order valence-corrected chi connectivity index (χ2v) is 0. The third-order valence-corrected chi connectivity index (χ3v) is 0. The van der Waals surface area contributed by atoms with Gasteiger partial charge in [-0.2, -0.15) is 0 Å². The summed E-state index contributed by atoms with van der Waals surface area (Å²) < 4.78 is 0. The summed E-state index contributed by atoms with van der Waals surface area (Å²) in [7, 11) is 4.45. The Hall–Kier alpha value is 1.54. The van der Waals surface area contributed by atoms with Gasteiger partial charge in [0.15, 0.2) is 0 Å². The van der Waals surface area contributed by atoms with Crippen molar-refractivity contribution >= 4 is 22.5 Å². The van der Waals surface area contributed by atoms with Gasteiger partial charge < -0.3 is 11.0 Å². The van der Waals surface area contributed by atoms with Gasteiger partial charge >= 0.3 is 25.2 Å². The van der Waals surface area contributed by atoms with Crippen LogP contribution >= 0.6 is 22.5 Å². The van der Waals surface area contributed by atoms with Crippen LogP contribution in [0.1, 0.15) is 0 Å². The summed E-state index contributed by atoms with van der Waals surface area (Å²) in [4.78, 5) is 0. The average molecular weight is 218 g/mol. The van der Waals surface area contributed by atoms with Gasteiger partial charge in [-0.25, -0.2) is 0 Å². The zero-order valence-corrected chi connectivity index (χ0v) is 6.48. The number of hydrogen-bond acceptors (Lipinski definition) is 0. The van der Waals surface area contributed by atoms with Gasteiger partial charge in [-0.15, -0.1) is 12.4 Å². The fraction of sp³-hybridized carbons (Fsp3) is 0. The summed E-state index contributed by atoms with van der Waals surface area (Å²) in [6.07, 6.45) is 0. The minimum absolute atomic E-state index is 0. The molecule has 6 heteroatoms. The molecule has 1 radical (unpaired) electrons. The van der Waals surface area contributed by atoms with Crippen molar-refractivity contribution in [1.29, 1.82) is 0 Å². The number of halogens is 2. The Bertz CT molecular complexity index is 9.51. The molecule has 0 saturated carbocycles. The van der Waals surface area contributed by atoms with Gasteiger partial charge in [0.25, 0.3) is 0 Å². The van der Waals surface area contributed by atoms with E-state index in [1.807, 2.05) is 0 Å². The van der Waals surface area contributed by atoms with Crippen molar-refractivity contribution < 1.29 is 43.1 Å². The van der Waals surface area contributed by atoms with E-state index in [1.165, 1.54) is 0 Å². The zero-order valence-electron chi connectivity index (χ0n) is 2.54. The molecule has 6 heavy (non-hydrogen) atoms. The topological polar surface area (TPSA) is 63.0 Å². The van der Waals surface area contributed by atoms with E-state index in [1.54, 1.807) is 0 Å². The first kappa shape index (κ1) is 50.0. The molecular weight excluding hydrogens is 213 g/mol. The van der Waals surface area contributed by atoms with Crippen molar-refractivity contribution in [2.24, 2.45) is 0 Å². The summed E-state index contributed by atoms with van der Waals surface area (Å²) in [6, 6.07) is 0. The molecule has 4 N–H and O–H groups in total. The van der Waals surface area contributed by atoms with Crippen molar-refractivity contribution in [3.05, 3.63) is 0 Å². The Morgan fingerprint density at radius 2 is 1.00 bits per heavy atom. The molecule has 0 atom stereocenters. The monoisotopic (exact) mass is 217 g/mol. The van der Waals surface area contributed by atoms with Crippen molar-refractivity contribution in [2.75, 3.05) is 0 Å². The van der Waals surface area contributed by atoms with E-state index in [-0.39, 0.29) is 40.4 Å². The number of hydrogen-bond donors (Lipinski definition) is 0. The fourth-order valence-corrected chi connectivity index (χ4v) is 0. The van der Waals surface area contributed by atoms with Gasteiger partial charge in [-0.05, 0) is 0 Å². The molecule has 0 heterocycles. The van der Waals surface area contributed by atoms with Crippen LogP contribution < -0.4 is 0 Å². The van der Waals surface area contributed by atoms with Crippen LogP contribution in [-0.4, -0.2) is 11.0 Å². The molecule has 0 aliphatic heterocycles. The largest absolute Gasteiger partial charge is 0 e. The first-order valence-corrected chi connectivity index (χ1v) is 1.77. The van der Waals surface area contributed by atoms with Gasteiger partial charge in [0.05, 0.1) is 0 Å². The first-order chi connectivity index (χ1) is 1.00. The van der Waals surface area contributed by atoms with Crippen molar-refractivity contribution in [1.82, 2.24) is 0 Å². The maximum Gasteiger partial charge on any atom is 0 e. The maximum absolute atomic E-state index is 4.45. The van der Waals surface area contributed by atoms with Crippen LogP contribution in [-0.2, 0) is 32.2 Å². The first-order valence-electron chi connectivity index (χ1n) is 0.143. The van der Waals surface area contributed by atoms with Crippen molar-refractivity contribution in [2.45, 2.75) is 0 Å². The van der Waals surface area contributed by atoms with Crippen LogP contribution in [0.5, 0.6) is 0 Å². The summed E-state index contributed by atoms with van der Waals surface area (Å²) in [5.41, 5.74) is 0. The van der Waals surface area contributed by atoms with Gasteiger partial charge in [0.2, 0.25) is 0 Å². The van der Waals surface area contributed by atoms with E-state index >= 15 is 0 Å². The van der Waals surface area contributed by atoms with Crippen LogP contribution in [0.4, 0.5) is 0 Å². The Morgan fingerprint density at radius 1 is 1.00 bits per heavy atom. The molecule has 0 saturated heterocycles. The molecule has 0 aliphatic rings. The molecule has 0 aromatic heterocycles. The molecule has 0 amide bonds. The Morgan fingerprint density at radius 3 is 1.00 bits per heavy atom. The molecule has 0 rings (SSSR count). The van der Waals surface area contributed by atoms with E-state index in [0.29, 0.717) is 0 Å². The van der Waals surface area contributed by atoms with Crippen LogP contribution in [0.2, 0.25) is 0 Å². The maximum atomic E-state index is 4.45. The Labute approximate surface area is 65.6 Å². The van der Waals surface area contributed by atoms with Crippen molar-refractivity contribution in [3.8, 4) is 0 Å². The van der Waals surface area contributed by atoms with E-state index in [2.05, 4.69) is 25.2 Å². The van der Waals surface area contributed by atoms with Crippen LogP contribution in [0.25, 0.3) is 0 Å². The van der Waals surface area contributed by atoms with E-state index < -0.39 is 0 Å². The van der Waals surface area contributed by atoms with Crippen molar-refractivity contribution in [3.63, 3.8) is 0 Å². The van der Waals surface area contributed by atoms with Crippen LogP contribution in [0, 0.1) is 0 Å². The average Bonchev–Trinajstić information content (AvgIpc) is 1.00. The summed E-state index contributed by atoms with van der Waals surface area (Å²) in [5.74, 6) is 0. The summed E-state index contributed by atoms with van der Waals surface area (Å²) >= 11 is 2.41. The molecular formula is H5Cl2Mn2O2. The van der Waals surface area contributed by atoms with E-state index in [0.717, 1.165) is 0 Å². The molecule has 0 bridgehead atoms. The van der Waals surface area contributed by atoms with E-state index in [9.17, 15) is 0 Å². The third kappa shape index (κ3) is 48.2. The molecule has 0 aromatic carbocycles. The second kappa shape index (κ2) is 84.7. The Balaban J connectivity index is -0.000000000833. The summed E-state index contributed by atoms with van der Waals surface area (Å²) in [6.45, 7) is 0. The van der Waals surface area contributed by atoms with Gasteiger partial charge in [-0.1, -0.05) is 0 Å². The third-order valence-electron chi connectivity index (χ3n) is 0. The second-order valence-electron chi connectivity index (χ2n) is 0.